The van der Waals surface area contributed by atoms with Gasteiger partial charge in [0.1, 0.15) is 0 Å². The van der Waals surface area contributed by atoms with Gasteiger partial charge in [-0.3, -0.25) is 4.79 Å². The van der Waals surface area contributed by atoms with E-state index in [4.69, 9.17) is 10.5 Å². The van der Waals surface area contributed by atoms with Crippen LogP contribution in [-0.4, -0.2) is 23.3 Å². The van der Waals surface area contributed by atoms with E-state index in [0.29, 0.717) is 18.2 Å². The first kappa shape index (κ1) is 12.3. The predicted octanol–water partition coefficient (Wildman–Crippen LogP) is 1.91. The van der Waals surface area contributed by atoms with Crippen LogP contribution in [0.25, 0.3) is 0 Å². The van der Waals surface area contributed by atoms with Gasteiger partial charge in [-0.25, -0.2) is 4.98 Å². The van der Waals surface area contributed by atoms with Crippen LogP contribution in [0.2, 0.25) is 0 Å². The molecule has 0 atom stereocenters. The van der Waals surface area contributed by atoms with E-state index in [-0.39, 0.29) is 5.97 Å². The summed E-state index contributed by atoms with van der Waals surface area (Å²) in [6.07, 6.45) is 0.456. The van der Waals surface area contributed by atoms with Crippen LogP contribution in [-0.2, 0) is 15.3 Å². The lowest BCUT2D eigenvalue weighted by Crippen LogP contribution is -2.04. The SMILES string of the molecule is CCOC(=O)CCSCc1csc(N)n1. The van der Waals surface area contributed by atoms with Crippen LogP contribution in [0.1, 0.15) is 19.0 Å². The van der Waals surface area contributed by atoms with E-state index in [2.05, 4.69) is 4.98 Å². The van der Waals surface area contributed by atoms with Crippen molar-refractivity contribution in [2.75, 3.05) is 18.1 Å². The Morgan fingerprint density at radius 1 is 1.73 bits per heavy atom. The summed E-state index contributed by atoms with van der Waals surface area (Å²) >= 11 is 3.10. The molecule has 0 bridgehead atoms. The molecule has 1 heterocycles. The Balaban J connectivity index is 2.09. The second-order valence-corrected chi connectivity index (χ2v) is 4.78. The van der Waals surface area contributed by atoms with Crippen molar-refractivity contribution in [2.45, 2.75) is 19.1 Å². The molecule has 0 aliphatic rings. The lowest BCUT2D eigenvalue weighted by atomic mass is 10.5. The molecule has 1 aromatic heterocycles. The van der Waals surface area contributed by atoms with Crippen LogP contribution in [0.15, 0.2) is 5.38 Å². The Bertz CT molecular complexity index is 315. The minimum absolute atomic E-state index is 0.136. The molecule has 1 rings (SSSR count). The molecule has 84 valence electrons. The van der Waals surface area contributed by atoms with Gasteiger partial charge in [0.15, 0.2) is 5.13 Å². The molecular formula is C9H14N2O2S2. The van der Waals surface area contributed by atoms with Gasteiger partial charge in [-0.15, -0.1) is 11.3 Å². The third-order valence-corrected chi connectivity index (χ3v) is 3.29. The Morgan fingerprint density at radius 3 is 3.13 bits per heavy atom. The van der Waals surface area contributed by atoms with Crippen molar-refractivity contribution in [1.82, 2.24) is 4.98 Å². The fraction of sp³-hybridized carbons (Fsp3) is 0.556. The number of hydrogen-bond donors (Lipinski definition) is 1. The van der Waals surface area contributed by atoms with Crippen molar-refractivity contribution >= 4 is 34.2 Å². The third-order valence-electron chi connectivity index (χ3n) is 1.58. The van der Waals surface area contributed by atoms with Crippen LogP contribution in [0.3, 0.4) is 0 Å². The molecule has 2 N–H and O–H groups in total. The van der Waals surface area contributed by atoms with Crippen LogP contribution >= 0.6 is 23.1 Å². The van der Waals surface area contributed by atoms with Crippen LogP contribution in [0.5, 0.6) is 0 Å². The highest BCUT2D eigenvalue weighted by molar-refractivity contribution is 7.98. The molecule has 1 aromatic rings. The first-order valence-corrected chi connectivity index (χ1v) is 6.69. The van der Waals surface area contributed by atoms with Crippen molar-refractivity contribution in [2.24, 2.45) is 0 Å². The van der Waals surface area contributed by atoms with Crippen molar-refractivity contribution in [3.05, 3.63) is 11.1 Å². The molecule has 0 aromatic carbocycles. The number of thiazole rings is 1. The Morgan fingerprint density at radius 2 is 2.53 bits per heavy atom. The first-order valence-electron chi connectivity index (χ1n) is 4.65. The maximum Gasteiger partial charge on any atom is 0.306 e. The number of thioether (sulfide) groups is 1. The first-order chi connectivity index (χ1) is 7.22. The number of nitrogens with two attached hydrogens (primary N) is 1. The van der Waals surface area contributed by atoms with Gasteiger partial charge in [-0.2, -0.15) is 11.8 Å². The normalized spacial score (nSPS) is 10.2. The molecule has 0 fully saturated rings. The zero-order chi connectivity index (χ0) is 11.1. The molecule has 0 aliphatic heterocycles. The number of nitrogen functional groups attached to an aromatic ring is 1. The fourth-order valence-electron chi connectivity index (χ4n) is 0.954. The molecule has 0 unspecified atom stereocenters. The van der Waals surface area contributed by atoms with Crippen molar-refractivity contribution in [3.63, 3.8) is 0 Å². The summed E-state index contributed by atoms with van der Waals surface area (Å²) < 4.78 is 4.81. The minimum Gasteiger partial charge on any atom is -0.466 e. The molecule has 0 radical (unpaired) electrons. The van der Waals surface area contributed by atoms with Crippen LogP contribution < -0.4 is 5.73 Å². The van der Waals surface area contributed by atoms with Gasteiger partial charge >= 0.3 is 5.97 Å². The zero-order valence-corrected chi connectivity index (χ0v) is 10.2. The molecule has 6 heteroatoms. The highest BCUT2D eigenvalue weighted by Gasteiger charge is 2.02. The van der Waals surface area contributed by atoms with E-state index in [1.165, 1.54) is 11.3 Å². The highest BCUT2D eigenvalue weighted by Crippen LogP contribution is 2.17. The minimum atomic E-state index is -0.136. The standard InChI is InChI=1S/C9H14N2O2S2/c1-2-13-8(12)3-4-14-5-7-6-15-9(10)11-7/h6H,2-5H2,1H3,(H2,10,11). The number of nitrogens with zero attached hydrogens (tertiary/aromatic N) is 1. The van der Waals surface area contributed by atoms with Gasteiger partial charge in [0, 0.05) is 16.9 Å². The maximum atomic E-state index is 11.0. The summed E-state index contributed by atoms with van der Waals surface area (Å²) in [5.41, 5.74) is 6.47. The highest BCUT2D eigenvalue weighted by atomic mass is 32.2. The van der Waals surface area contributed by atoms with Gasteiger partial charge in [0.2, 0.25) is 0 Å². The number of carbonyl (C=O) groups is 1. The van der Waals surface area contributed by atoms with E-state index in [1.807, 2.05) is 12.3 Å². The summed E-state index contributed by atoms with van der Waals surface area (Å²) in [5, 5.41) is 2.53. The number of aromatic nitrogens is 1. The van der Waals surface area contributed by atoms with Gasteiger partial charge in [-0.05, 0) is 6.92 Å². The summed E-state index contributed by atoms with van der Waals surface area (Å²) in [4.78, 5) is 15.1. The average molecular weight is 246 g/mol. The molecule has 0 aliphatic carbocycles. The summed E-state index contributed by atoms with van der Waals surface area (Å²) in [6, 6.07) is 0. The zero-order valence-electron chi connectivity index (χ0n) is 8.56. The average Bonchev–Trinajstić information content (AvgIpc) is 2.60. The Kier molecular flexibility index (Phi) is 5.49. The van der Waals surface area contributed by atoms with Crippen molar-refractivity contribution < 1.29 is 9.53 Å². The number of anilines is 1. The van der Waals surface area contributed by atoms with Crippen LogP contribution in [0.4, 0.5) is 5.13 Å². The second kappa shape index (κ2) is 6.68. The molecule has 4 nitrogen and oxygen atoms in total. The third kappa shape index (κ3) is 5.03. The molecule has 0 amide bonds. The van der Waals surface area contributed by atoms with Gasteiger partial charge in [0.05, 0.1) is 18.7 Å². The van der Waals surface area contributed by atoms with Crippen molar-refractivity contribution in [1.29, 1.82) is 0 Å². The quantitative estimate of drug-likeness (QED) is 0.613. The smallest absolute Gasteiger partial charge is 0.306 e. The van der Waals surface area contributed by atoms with E-state index >= 15 is 0 Å². The predicted molar refractivity (Wildman–Crippen MR) is 63.9 cm³/mol. The number of carbonyl (C=O) groups excluding carboxylic acids is 1. The van der Waals surface area contributed by atoms with Gasteiger partial charge in [-0.1, -0.05) is 0 Å². The number of rotatable bonds is 6. The molecule has 0 saturated carbocycles. The van der Waals surface area contributed by atoms with E-state index < -0.39 is 0 Å². The fourth-order valence-corrected chi connectivity index (χ4v) is 2.43. The monoisotopic (exact) mass is 246 g/mol. The maximum absolute atomic E-state index is 11.0. The lowest BCUT2D eigenvalue weighted by molar-refractivity contribution is -0.142. The van der Waals surface area contributed by atoms with E-state index in [0.717, 1.165) is 17.2 Å². The summed E-state index contributed by atoms with van der Waals surface area (Å²) in [7, 11) is 0. The van der Waals surface area contributed by atoms with E-state index in [1.54, 1.807) is 11.8 Å². The number of ether oxygens (including phenoxy) is 1. The molecular weight excluding hydrogens is 232 g/mol. The largest absolute Gasteiger partial charge is 0.466 e. The van der Waals surface area contributed by atoms with Gasteiger partial charge < -0.3 is 10.5 Å². The summed E-state index contributed by atoms with van der Waals surface area (Å²) in [5.74, 6) is 1.42. The van der Waals surface area contributed by atoms with E-state index in [9.17, 15) is 4.79 Å². The van der Waals surface area contributed by atoms with Crippen LogP contribution in [0, 0.1) is 0 Å². The summed E-state index contributed by atoms with van der Waals surface area (Å²) in [6.45, 7) is 2.26. The lowest BCUT2D eigenvalue weighted by Gasteiger charge is -2.00. The number of esters is 1. The Hall–Kier alpha value is -0.750. The Labute approximate surface area is 97.2 Å². The van der Waals surface area contributed by atoms with Gasteiger partial charge in [0.25, 0.3) is 0 Å². The molecule has 0 saturated heterocycles. The van der Waals surface area contributed by atoms with Crippen molar-refractivity contribution in [3.8, 4) is 0 Å². The number of hydrogen-bond acceptors (Lipinski definition) is 6. The molecule has 15 heavy (non-hydrogen) atoms. The topological polar surface area (TPSA) is 65.2 Å². The second-order valence-electron chi connectivity index (χ2n) is 2.78. The molecule has 0 spiro atoms.